The molecule has 0 aliphatic rings. The number of ether oxygens (including phenoxy) is 1. The zero-order valence-corrected chi connectivity index (χ0v) is 37.5. The van der Waals surface area contributed by atoms with Gasteiger partial charge in [-0.05, 0) is 146 Å². The molecule has 0 aliphatic heterocycles. The number of hydrogen-bond donors (Lipinski definition) is 6. The number of hydrogen-bond acceptors (Lipinski definition) is 19. The van der Waals surface area contributed by atoms with E-state index in [2.05, 4.69) is 51.2 Å². The number of aromatic carboxylic acids is 1. The second-order valence-corrected chi connectivity index (χ2v) is 17.0. The van der Waals surface area contributed by atoms with Crippen molar-refractivity contribution in [2.24, 2.45) is 30.7 Å². The Balaban J connectivity index is 0.984. The molecular formula is C45H37N11O10S2. The Kier molecular flexibility index (Phi) is 13.4. The van der Waals surface area contributed by atoms with E-state index in [1.165, 1.54) is 18.2 Å². The Bertz CT molecular complexity index is 3460. The first kappa shape index (κ1) is 46.3. The lowest BCUT2D eigenvalue weighted by molar-refractivity contribution is -0.432. The predicted molar refractivity (Wildman–Crippen MR) is 252 cm³/mol. The first-order valence-corrected chi connectivity index (χ1v) is 22.2. The molecule has 1 heterocycles. The summed E-state index contributed by atoms with van der Waals surface area (Å²) in [4.78, 5) is 12.6. The van der Waals surface area contributed by atoms with Crippen molar-refractivity contribution in [3.63, 3.8) is 0 Å². The van der Waals surface area contributed by atoms with Crippen LogP contribution in [0.1, 0.15) is 27.0 Å². The number of aromatic hydroxyl groups is 1. The van der Waals surface area contributed by atoms with Crippen LogP contribution in [0.5, 0.6) is 11.5 Å². The molecule has 0 saturated carbocycles. The Labute approximate surface area is 390 Å². The summed E-state index contributed by atoms with van der Waals surface area (Å²) < 4.78 is 45.3. The van der Waals surface area contributed by atoms with Gasteiger partial charge in [0.15, 0.2) is 12.5 Å². The van der Waals surface area contributed by atoms with Crippen LogP contribution < -0.4 is 15.8 Å². The van der Waals surface area contributed by atoms with Gasteiger partial charge in [-0.2, -0.15) is 28.9 Å². The highest BCUT2D eigenvalue weighted by Gasteiger charge is 2.21. The molecule has 0 spiro atoms. The topological polar surface area (TPSA) is 303 Å². The minimum absolute atomic E-state index is 0.0607. The summed E-state index contributed by atoms with van der Waals surface area (Å²) in [5.74, 6) is -0.757. The van der Waals surface area contributed by atoms with Gasteiger partial charge in [-0.3, -0.25) is 4.55 Å². The smallest absolute Gasteiger partial charge is 0.337 e. The fourth-order valence-electron chi connectivity index (χ4n) is 6.73. The summed E-state index contributed by atoms with van der Waals surface area (Å²) in [6.45, 7) is 5.54. The van der Waals surface area contributed by atoms with Crippen molar-refractivity contribution in [3.8, 4) is 17.2 Å². The van der Waals surface area contributed by atoms with Crippen LogP contribution in [0.25, 0.3) is 27.5 Å². The SMILES string of the molecule is Cc1cc(N=Nc2c(SOOO)cc3cc(NCOc4ccc(N)cc4)ccc3c2O)c(C)cc1N=Nc1ccc(N=Nc2cc3nn(-c4ccccc4C(=O)O)nc3cc2S(=O)(=O)O)c(C)c1. The third-order valence-electron chi connectivity index (χ3n) is 10.2. The number of nitrogen functional groups attached to an aromatic ring is 1. The summed E-state index contributed by atoms with van der Waals surface area (Å²) in [5.41, 5.74) is 11.1. The van der Waals surface area contributed by atoms with E-state index in [0.29, 0.717) is 84.3 Å². The van der Waals surface area contributed by atoms with Crippen LogP contribution >= 0.6 is 12.0 Å². The van der Waals surface area contributed by atoms with Gasteiger partial charge in [0.1, 0.15) is 38.7 Å². The molecule has 0 aliphatic carbocycles. The first-order chi connectivity index (χ1) is 32.6. The van der Waals surface area contributed by atoms with E-state index in [-0.39, 0.29) is 46.1 Å². The van der Waals surface area contributed by atoms with E-state index in [1.807, 2.05) is 13.8 Å². The molecule has 0 radical (unpaired) electrons. The number of aryl methyl sites for hydroxylation is 3. The highest BCUT2D eigenvalue weighted by atomic mass is 32.2. The molecule has 0 saturated heterocycles. The summed E-state index contributed by atoms with van der Waals surface area (Å²) in [7, 11) is -4.80. The van der Waals surface area contributed by atoms with Crippen molar-refractivity contribution in [2.75, 3.05) is 17.8 Å². The second-order valence-electron chi connectivity index (χ2n) is 14.9. The van der Waals surface area contributed by atoms with Crippen molar-refractivity contribution >= 4 is 95.4 Å². The van der Waals surface area contributed by atoms with Gasteiger partial charge in [0.25, 0.3) is 10.1 Å². The molecule has 0 bridgehead atoms. The number of benzene rings is 7. The molecule has 8 rings (SSSR count). The molecule has 21 nitrogen and oxygen atoms in total. The Morgan fingerprint density at radius 3 is 2.12 bits per heavy atom. The third kappa shape index (κ3) is 10.4. The van der Waals surface area contributed by atoms with Crippen molar-refractivity contribution in [2.45, 2.75) is 30.6 Å². The van der Waals surface area contributed by atoms with Gasteiger partial charge < -0.3 is 26.0 Å². The number of nitrogens with zero attached hydrogens (tertiary/aromatic N) is 9. The van der Waals surface area contributed by atoms with Gasteiger partial charge in [0.05, 0.1) is 45.3 Å². The average Bonchev–Trinajstić information content (AvgIpc) is 3.74. The summed E-state index contributed by atoms with van der Waals surface area (Å²) >= 11 is 0.624. The quantitative estimate of drug-likeness (QED) is 0.00997. The van der Waals surface area contributed by atoms with Gasteiger partial charge in [-0.25, -0.2) is 10.1 Å². The Hall–Kier alpha value is -8.19. The maximum atomic E-state index is 12.4. The predicted octanol–water partition coefficient (Wildman–Crippen LogP) is 11.9. The van der Waals surface area contributed by atoms with Gasteiger partial charge in [-0.15, -0.1) is 29.6 Å². The number of nitrogens with two attached hydrogens (primary N) is 1. The van der Waals surface area contributed by atoms with Crippen molar-refractivity contribution in [3.05, 3.63) is 138 Å². The minimum atomic E-state index is -4.80. The van der Waals surface area contributed by atoms with Crippen molar-refractivity contribution in [1.29, 1.82) is 0 Å². The molecule has 0 atom stereocenters. The standard InChI is InChI=1S/C45H37N11O10S2/c1-24-16-30(11-15-34(24)49-52-39-21-37-38(22-42(39)68(61,62)63)55-56(54-37)40-7-5-4-6-33(40)45(58)59)48-50-35-17-26(3)36(18-25(35)2)51-53-43-41(67-66-65-60)20-27-19-29(10-14-32(27)44(43)57)47-23-64-31-12-8-28(46)9-13-31/h4-22,47,57,60H,23,46H2,1-3H3,(H,58,59)(H,61,62,63). The zero-order valence-electron chi connectivity index (χ0n) is 35.8. The molecule has 23 heteroatoms. The lowest BCUT2D eigenvalue weighted by Crippen LogP contribution is -2.08. The summed E-state index contributed by atoms with van der Waals surface area (Å²) in [5, 5.41) is 72.5. The molecule has 8 aromatic rings. The van der Waals surface area contributed by atoms with Crippen LogP contribution in [0, 0.1) is 20.8 Å². The number of anilines is 2. The molecule has 1 aromatic heterocycles. The van der Waals surface area contributed by atoms with E-state index in [9.17, 15) is 28.0 Å². The number of azo groups is 3. The number of carboxylic acid groups (broad SMARTS) is 1. The second kappa shape index (κ2) is 19.7. The summed E-state index contributed by atoms with van der Waals surface area (Å²) in [6, 6.07) is 30.8. The van der Waals surface area contributed by atoms with E-state index >= 15 is 0 Å². The van der Waals surface area contributed by atoms with Gasteiger partial charge in [0.2, 0.25) is 0 Å². The summed E-state index contributed by atoms with van der Waals surface area (Å²) in [6.07, 6.45) is 0. The molecule has 7 N–H and O–H groups in total. The number of rotatable bonds is 16. The van der Waals surface area contributed by atoms with E-state index in [1.54, 1.807) is 97.9 Å². The van der Waals surface area contributed by atoms with Crippen LogP contribution in [-0.4, -0.2) is 56.1 Å². The maximum Gasteiger partial charge on any atom is 0.337 e. The Morgan fingerprint density at radius 1 is 0.765 bits per heavy atom. The lowest BCUT2D eigenvalue weighted by atomic mass is 10.1. The normalized spacial score (nSPS) is 12.0. The van der Waals surface area contributed by atoms with Gasteiger partial charge in [-0.1, -0.05) is 17.2 Å². The van der Waals surface area contributed by atoms with E-state index in [4.69, 9.17) is 20.1 Å². The van der Waals surface area contributed by atoms with Crippen LogP contribution in [0.4, 0.5) is 45.5 Å². The van der Waals surface area contributed by atoms with E-state index < -0.39 is 21.0 Å². The highest BCUT2D eigenvalue weighted by molar-refractivity contribution is 7.94. The van der Waals surface area contributed by atoms with Crippen LogP contribution in [0.3, 0.4) is 0 Å². The molecule has 0 amide bonds. The van der Waals surface area contributed by atoms with Crippen molar-refractivity contribution < 1.29 is 47.3 Å². The Morgan fingerprint density at radius 2 is 1.43 bits per heavy atom. The fraction of sp³-hybridized carbons (Fsp3) is 0.0889. The zero-order chi connectivity index (χ0) is 48.1. The number of phenols is 1. The van der Waals surface area contributed by atoms with Crippen LogP contribution in [-0.2, 0) is 19.5 Å². The number of carbonyl (C=O) groups is 1. The van der Waals surface area contributed by atoms with E-state index in [0.717, 1.165) is 10.9 Å². The lowest BCUT2D eigenvalue weighted by Gasteiger charge is -2.12. The molecule has 7 aromatic carbocycles. The molecule has 344 valence electrons. The minimum Gasteiger partial charge on any atom is -0.505 e. The number of para-hydroxylation sites is 1. The maximum absolute atomic E-state index is 12.4. The van der Waals surface area contributed by atoms with Crippen LogP contribution in [0.2, 0.25) is 0 Å². The molecule has 0 fully saturated rings. The number of fused-ring (bicyclic) bond motifs is 2. The number of nitrogens with one attached hydrogen (secondary N) is 1. The highest BCUT2D eigenvalue weighted by Crippen LogP contribution is 2.45. The number of aromatic nitrogens is 3. The average molecular weight is 956 g/mol. The molecular weight excluding hydrogens is 919 g/mol. The third-order valence-corrected chi connectivity index (χ3v) is 11.7. The molecule has 0 unspecified atom stereocenters. The van der Waals surface area contributed by atoms with Gasteiger partial charge in [0, 0.05) is 16.8 Å². The fourth-order valence-corrected chi connectivity index (χ4v) is 7.85. The number of phenolic OH excluding ortho intramolecular Hbond substituents is 1. The molecule has 68 heavy (non-hydrogen) atoms. The van der Waals surface area contributed by atoms with Crippen LogP contribution in [0.15, 0.2) is 156 Å². The first-order valence-electron chi connectivity index (χ1n) is 20.0. The monoisotopic (exact) mass is 955 g/mol. The van der Waals surface area contributed by atoms with Gasteiger partial charge >= 0.3 is 5.97 Å². The number of carboxylic acids is 1. The largest absolute Gasteiger partial charge is 0.505 e. The van der Waals surface area contributed by atoms with Crippen molar-refractivity contribution in [1.82, 2.24) is 15.0 Å².